The molecule has 20 heavy (non-hydrogen) atoms. The largest absolute Gasteiger partial charge is 0.493 e. The fourth-order valence-electron chi connectivity index (χ4n) is 1.74. The zero-order valence-corrected chi connectivity index (χ0v) is 12.9. The SMILES string of the molecule is CNCc1cccc(OC)c1OCC(=O)N(C)C(C)C. The summed E-state index contributed by atoms with van der Waals surface area (Å²) in [6.45, 7) is 4.59. The van der Waals surface area contributed by atoms with Crippen molar-refractivity contribution >= 4 is 5.91 Å². The van der Waals surface area contributed by atoms with Crippen LogP contribution in [0.2, 0.25) is 0 Å². The number of hydrogen-bond donors (Lipinski definition) is 1. The van der Waals surface area contributed by atoms with E-state index in [1.807, 2.05) is 39.1 Å². The third kappa shape index (κ3) is 4.13. The summed E-state index contributed by atoms with van der Waals surface area (Å²) in [6.07, 6.45) is 0. The highest BCUT2D eigenvalue weighted by atomic mass is 16.5. The highest BCUT2D eigenvalue weighted by molar-refractivity contribution is 5.77. The predicted octanol–water partition coefficient (Wildman–Crippen LogP) is 1.66. The lowest BCUT2D eigenvalue weighted by Crippen LogP contribution is -2.36. The van der Waals surface area contributed by atoms with Crippen molar-refractivity contribution in [2.45, 2.75) is 26.4 Å². The number of likely N-dealkylation sites (N-methyl/N-ethyl adjacent to an activating group) is 1. The molecule has 0 bridgehead atoms. The van der Waals surface area contributed by atoms with E-state index >= 15 is 0 Å². The van der Waals surface area contributed by atoms with Crippen LogP contribution >= 0.6 is 0 Å². The van der Waals surface area contributed by atoms with Crippen LogP contribution in [0.5, 0.6) is 11.5 Å². The number of carbonyl (C=O) groups excluding carboxylic acids is 1. The van der Waals surface area contributed by atoms with Gasteiger partial charge in [0, 0.05) is 25.2 Å². The van der Waals surface area contributed by atoms with E-state index in [1.54, 1.807) is 19.1 Å². The molecule has 5 heteroatoms. The Balaban J connectivity index is 2.83. The van der Waals surface area contributed by atoms with Gasteiger partial charge in [0.25, 0.3) is 5.91 Å². The Morgan fingerprint density at radius 2 is 2.10 bits per heavy atom. The second kappa shape index (κ2) is 7.75. The van der Waals surface area contributed by atoms with Gasteiger partial charge in [-0.3, -0.25) is 4.79 Å². The maximum Gasteiger partial charge on any atom is 0.260 e. The van der Waals surface area contributed by atoms with Gasteiger partial charge in [0.15, 0.2) is 18.1 Å². The second-order valence-corrected chi connectivity index (χ2v) is 4.87. The number of benzene rings is 1. The Hall–Kier alpha value is -1.75. The summed E-state index contributed by atoms with van der Waals surface area (Å²) in [6, 6.07) is 5.83. The first-order valence-electron chi connectivity index (χ1n) is 6.70. The zero-order chi connectivity index (χ0) is 15.1. The fourth-order valence-corrected chi connectivity index (χ4v) is 1.74. The van der Waals surface area contributed by atoms with Crippen LogP contribution in [0.1, 0.15) is 19.4 Å². The summed E-state index contributed by atoms with van der Waals surface area (Å²) in [5, 5.41) is 3.07. The van der Waals surface area contributed by atoms with E-state index in [9.17, 15) is 4.79 Å². The van der Waals surface area contributed by atoms with Gasteiger partial charge in [-0.1, -0.05) is 12.1 Å². The van der Waals surface area contributed by atoms with Gasteiger partial charge in [-0.2, -0.15) is 0 Å². The van der Waals surface area contributed by atoms with Crippen molar-refractivity contribution in [1.82, 2.24) is 10.2 Å². The quantitative estimate of drug-likeness (QED) is 0.825. The summed E-state index contributed by atoms with van der Waals surface area (Å²) < 4.78 is 11.0. The fraction of sp³-hybridized carbons (Fsp3) is 0.533. The van der Waals surface area contributed by atoms with Gasteiger partial charge < -0.3 is 19.7 Å². The zero-order valence-electron chi connectivity index (χ0n) is 12.9. The Kier molecular flexibility index (Phi) is 6.31. The molecular formula is C15H24N2O3. The van der Waals surface area contributed by atoms with Crippen molar-refractivity contribution in [3.8, 4) is 11.5 Å². The molecule has 0 aliphatic carbocycles. The number of hydrogen-bond acceptors (Lipinski definition) is 4. The highest BCUT2D eigenvalue weighted by Gasteiger charge is 2.15. The number of nitrogens with one attached hydrogen (secondary N) is 1. The molecule has 0 unspecified atom stereocenters. The van der Waals surface area contributed by atoms with Crippen molar-refractivity contribution in [3.63, 3.8) is 0 Å². The number of carbonyl (C=O) groups is 1. The lowest BCUT2D eigenvalue weighted by atomic mass is 10.2. The summed E-state index contributed by atoms with van der Waals surface area (Å²) in [7, 11) is 5.22. The average molecular weight is 280 g/mol. The van der Waals surface area contributed by atoms with E-state index in [-0.39, 0.29) is 18.6 Å². The van der Waals surface area contributed by atoms with Gasteiger partial charge in [-0.25, -0.2) is 0 Å². The average Bonchev–Trinajstić information content (AvgIpc) is 2.44. The van der Waals surface area contributed by atoms with Gasteiger partial charge >= 0.3 is 0 Å². The maximum atomic E-state index is 12.0. The summed E-state index contributed by atoms with van der Waals surface area (Å²) in [5.41, 5.74) is 0.965. The van der Waals surface area contributed by atoms with E-state index in [1.165, 1.54) is 0 Å². The third-order valence-electron chi connectivity index (χ3n) is 3.16. The first kappa shape index (κ1) is 16.3. The molecule has 1 aromatic carbocycles. The molecule has 0 spiro atoms. The molecule has 0 heterocycles. The van der Waals surface area contributed by atoms with Crippen molar-refractivity contribution in [3.05, 3.63) is 23.8 Å². The Bertz CT molecular complexity index is 447. The van der Waals surface area contributed by atoms with Gasteiger partial charge in [0.1, 0.15) is 0 Å². The monoisotopic (exact) mass is 280 g/mol. The number of ether oxygens (including phenoxy) is 2. The van der Waals surface area contributed by atoms with E-state index in [0.29, 0.717) is 18.0 Å². The second-order valence-electron chi connectivity index (χ2n) is 4.87. The van der Waals surface area contributed by atoms with E-state index in [4.69, 9.17) is 9.47 Å². The van der Waals surface area contributed by atoms with Gasteiger partial charge in [0.2, 0.25) is 0 Å². The van der Waals surface area contributed by atoms with Crippen LogP contribution in [0, 0.1) is 0 Å². The molecule has 0 aliphatic heterocycles. The van der Waals surface area contributed by atoms with Crippen LogP contribution in [-0.2, 0) is 11.3 Å². The molecular weight excluding hydrogens is 256 g/mol. The molecule has 1 amide bonds. The maximum absolute atomic E-state index is 12.0. The number of nitrogens with zero attached hydrogens (tertiary/aromatic N) is 1. The van der Waals surface area contributed by atoms with Gasteiger partial charge in [-0.15, -0.1) is 0 Å². The smallest absolute Gasteiger partial charge is 0.260 e. The first-order chi connectivity index (χ1) is 9.51. The van der Waals surface area contributed by atoms with Crippen LogP contribution in [0.4, 0.5) is 0 Å². The minimum atomic E-state index is -0.0543. The predicted molar refractivity (Wildman–Crippen MR) is 79.2 cm³/mol. The third-order valence-corrected chi connectivity index (χ3v) is 3.16. The molecule has 112 valence electrons. The number of methoxy groups -OCH3 is 1. The lowest BCUT2D eigenvalue weighted by Gasteiger charge is -2.22. The van der Waals surface area contributed by atoms with Crippen molar-refractivity contribution in [1.29, 1.82) is 0 Å². The van der Waals surface area contributed by atoms with Crippen molar-refractivity contribution in [2.24, 2.45) is 0 Å². The number of amides is 1. The van der Waals surface area contributed by atoms with Gasteiger partial charge in [-0.05, 0) is 27.0 Å². The Labute approximate surface area is 120 Å². The molecule has 0 saturated heterocycles. The van der Waals surface area contributed by atoms with Crippen LogP contribution in [0.15, 0.2) is 18.2 Å². The molecule has 1 N–H and O–H groups in total. The molecule has 1 aromatic rings. The van der Waals surface area contributed by atoms with E-state index < -0.39 is 0 Å². The Morgan fingerprint density at radius 1 is 1.40 bits per heavy atom. The summed E-state index contributed by atoms with van der Waals surface area (Å²) in [5.74, 6) is 1.20. The van der Waals surface area contributed by atoms with Crippen LogP contribution < -0.4 is 14.8 Å². The molecule has 5 nitrogen and oxygen atoms in total. The summed E-state index contributed by atoms with van der Waals surface area (Å²) >= 11 is 0. The molecule has 0 aromatic heterocycles. The molecule has 1 rings (SSSR count). The lowest BCUT2D eigenvalue weighted by molar-refractivity contribution is -0.133. The normalized spacial score (nSPS) is 10.5. The first-order valence-corrected chi connectivity index (χ1v) is 6.70. The van der Waals surface area contributed by atoms with Crippen molar-refractivity contribution in [2.75, 3.05) is 27.8 Å². The molecule has 0 radical (unpaired) electrons. The van der Waals surface area contributed by atoms with Gasteiger partial charge in [0.05, 0.1) is 7.11 Å². The number of rotatable bonds is 7. The van der Waals surface area contributed by atoms with Crippen molar-refractivity contribution < 1.29 is 14.3 Å². The molecule has 0 saturated carbocycles. The summed E-state index contributed by atoms with van der Waals surface area (Å²) in [4.78, 5) is 13.6. The minimum absolute atomic E-state index is 0.00572. The van der Waals surface area contributed by atoms with Crippen LogP contribution in [0.25, 0.3) is 0 Å². The van der Waals surface area contributed by atoms with E-state index in [2.05, 4.69) is 5.32 Å². The van der Waals surface area contributed by atoms with E-state index in [0.717, 1.165) is 5.56 Å². The topological polar surface area (TPSA) is 50.8 Å². The Morgan fingerprint density at radius 3 is 2.65 bits per heavy atom. The molecule has 0 atom stereocenters. The highest BCUT2D eigenvalue weighted by Crippen LogP contribution is 2.31. The van der Waals surface area contributed by atoms with Crippen LogP contribution in [-0.4, -0.2) is 44.7 Å². The molecule has 0 aliphatic rings. The number of para-hydroxylation sites is 1. The minimum Gasteiger partial charge on any atom is -0.493 e. The van der Waals surface area contributed by atoms with Crippen LogP contribution in [0.3, 0.4) is 0 Å². The molecule has 0 fully saturated rings. The standard InChI is InChI=1S/C15H24N2O3/c1-11(2)17(4)14(18)10-20-15-12(9-16-3)7-6-8-13(15)19-5/h6-8,11,16H,9-10H2,1-5H3.